The normalized spacial score (nSPS) is 16.8. The molecule has 0 atom stereocenters. The minimum atomic E-state index is 0.0605. The van der Waals surface area contributed by atoms with Crippen molar-refractivity contribution in [2.45, 2.75) is 44.7 Å². The van der Waals surface area contributed by atoms with Crippen LogP contribution in [0.4, 0.5) is 4.79 Å². The van der Waals surface area contributed by atoms with Crippen LogP contribution >= 0.6 is 11.3 Å². The summed E-state index contributed by atoms with van der Waals surface area (Å²) in [7, 11) is 1.86. The van der Waals surface area contributed by atoms with Crippen molar-refractivity contribution in [1.29, 1.82) is 0 Å². The first-order valence-corrected chi connectivity index (χ1v) is 7.17. The number of nitrogens with zero attached hydrogens (tertiary/aromatic N) is 1. The van der Waals surface area contributed by atoms with Crippen LogP contribution in [0.1, 0.15) is 37.0 Å². The maximum atomic E-state index is 12.0. The van der Waals surface area contributed by atoms with Crippen molar-refractivity contribution in [1.82, 2.24) is 10.2 Å². The van der Waals surface area contributed by atoms with Crippen LogP contribution in [0.2, 0.25) is 0 Å². The monoisotopic (exact) mass is 252 g/mol. The van der Waals surface area contributed by atoms with E-state index in [9.17, 15) is 4.79 Å². The summed E-state index contributed by atoms with van der Waals surface area (Å²) in [6.07, 6.45) is 6.09. The van der Waals surface area contributed by atoms with Gasteiger partial charge in [-0.05, 0) is 24.3 Å². The predicted octanol–water partition coefficient (Wildman–Crippen LogP) is 3.22. The molecule has 0 spiro atoms. The molecule has 4 heteroatoms. The van der Waals surface area contributed by atoms with Gasteiger partial charge in [-0.15, -0.1) is 11.3 Å². The van der Waals surface area contributed by atoms with Gasteiger partial charge in [0.05, 0.1) is 6.54 Å². The molecule has 17 heavy (non-hydrogen) atoms. The van der Waals surface area contributed by atoms with Gasteiger partial charge >= 0.3 is 6.03 Å². The summed E-state index contributed by atoms with van der Waals surface area (Å²) >= 11 is 1.69. The van der Waals surface area contributed by atoms with Gasteiger partial charge < -0.3 is 10.2 Å². The number of thiophene rings is 1. The van der Waals surface area contributed by atoms with E-state index in [1.165, 1.54) is 24.1 Å². The van der Waals surface area contributed by atoms with Gasteiger partial charge in [-0.25, -0.2) is 4.79 Å². The predicted molar refractivity (Wildman–Crippen MR) is 71.2 cm³/mol. The highest BCUT2D eigenvalue weighted by Gasteiger charge is 2.17. The van der Waals surface area contributed by atoms with Gasteiger partial charge in [-0.3, -0.25) is 0 Å². The van der Waals surface area contributed by atoms with Gasteiger partial charge in [-0.1, -0.05) is 25.3 Å². The Balaban J connectivity index is 1.78. The van der Waals surface area contributed by atoms with Crippen molar-refractivity contribution in [3.63, 3.8) is 0 Å². The fraction of sp³-hybridized carbons (Fsp3) is 0.615. The maximum absolute atomic E-state index is 12.0. The average Bonchev–Trinajstić information content (AvgIpc) is 2.83. The molecule has 94 valence electrons. The van der Waals surface area contributed by atoms with Crippen LogP contribution < -0.4 is 5.32 Å². The van der Waals surface area contributed by atoms with Crippen LogP contribution in [0.25, 0.3) is 0 Å². The lowest BCUT2D eigenvalue weighted by atomic mass is 9.96. The third-order valence-electron chi connectivity index (χ3n) is 3.25. The lowest BCUT2D eigenvalue weighted by Gasteiger charge is -2.26. The Hall–Kier alpha value is -1.03. The zero-order chi connectivity index (χ0) is 12.1. The Morgan fingerprint density at radius 3 is 2.88 bits per heavy atom. The van der Waals surface area contributed by atoms with E-state index in [4.69, 9.17) is 0 Å². The van der Waals surface area contributed by atoms with E-state index in [2.05, 4.69) is 11.4 Å². The average molecular weight is 252 g/mol. The number of nitrogens with one attached hydrogen (secondary N) is 1. The molecule has 0 unspecified atom stereocenters. The van der Waals surface area contributed by atoms with E-state index in [1.807, 2.05) is 18.5 Å². The van der Waals surface area contributed by atoms with Gasteiger partial charge in [-0.2, -0.15) is 0 Å². The number of carbonyl (C=O) groups is 1. The smallest absolute Gasteiger partial charge is 0.317 e. The topological polar surface area (TPSA) is 32.3 Å². The van der Waals surface area contributed by atoms with Crippen LogP contribution in [-0.4, -0.2) is 24.0 Å². The number of hydrogen-bond acceptors (Lipinski definition) is 2. The summed E-state index contributed by atoms with van der Waals surface area (Å²) in [5.41, 5.74) is 0. The second-order valence-corrected chi connectivity index (χ2v) is 5.75. The fourth-order valence-electron chi connectivity index (χ4n) is 2.24. The van der Waals surface area contributed by atoms with Crippen molar-refractivity contribution >= 4 is 17.4 Å². The first-order chi connectivity index (χ1) is 8.25. The fourth-order valence-corrected chi connectivity index (χ4v) is 3.00. The zero-order valence-corrected chi connectivity index (χ0v) is 11.1. The molecule has 1 fully saturated rings. The Morgan fingerprint density at radius 2 is 2.24 bits per heavy atom. The molecule has 1 N–H and O–H groups in total. The molecule has 1 heterocycles. The molecule has 0 bridgehead atoms. The highest BCUT2D eigenvalue weighted by atomic mass is 32.1. The van der Waals surface area contributed by atoms with Gasteiger partial charge in [0.2, 0.25) is 0 Å². The van der Waals surface area contributed by atoms with Crippen molar-refractivity contribution in [3.05, 3.63) is 22.4 Å². The Bertz CT molecular complexity index is 344. The minimum absolute atomic E-state index is 0.0605. The van der Waals surface area contributed by atoms with E-state index in [1.54, 1.807) is 16.2 Å². The lowest BCUT2D eigenvalue weighted by Crippen LogP contribution is -2.43. The summed E-state index contributed by atoms with van der Waals surface area (Å²) in [4.78, 5) is 14.9. The molecule has 0 aliphatic heterocycles. The van der Waals surface area contributed by atoms with E-state index in [0.717, 1.165) is 12.8 Å². The molecule has 0 saturated heterocycles. The van der Waals surface area contributed by atoms with Crippen LogP contribution in [0.5, 0.6) is 0 Å². The minimum Gasteiger partial charge on any atom is -0.335 e. The Labute approximate surface area is 107 Å². The number of hydrogen-bond donors (Lipinski definition) is 1. The SMILES string of the molecule is CN(Cc1cccs1)C(=O)NC1CCCCC1. The molecule has 2 amide bonds. The number of amides is 2. The van der Waals surface area contributed by atoms with Crippen molar-refractivity contribution in [3.8, 4) is 0 Å². The summed E-state index contributed by atoms with van der Waals surface area (Å²) in [5, 5.41) is 5.17. The number of carbonyl (C=O) groups excluding carboxylic acids is 1. The molecule has 2 rings (SSSR count). The molecule has 0 radical (unpaired) electrons. The third-order valence-corrected chi connectivity index (χ3v) is 4.11. The molecule has 0 aromatic carbocycles. The lowest BCUT2D eigenvalue weighted by molar-refractivity contribution is 0.199. The van der Waals surface area contributed by atoms with E-state index < -0.39 is 0 Å². The van der Waals surface area contributed by atoms with Crippen molar-refractivity contribution in [2.24, 2.45) is 0 Å². The molecular formula is C13H20N2OS. The third kappa shape index (κ3) is 3.73. The van der Waals surface area contributed by atoms with Crippen LogP contribution in [0.15, 0.2) is 17.5 Å². The summed E-state index contributed by atoms with van der Waals surface area (Å²) < 4.78 is 0. The Kier molecular flexibility index (Phi) is 4.42. The van der Waals surface area contributed by atoms with Crippen LogP contribution in [0, 0.1) is 0 Å². The highest BCUT2D eigenvalue weighted by Crippen LogP contribution is 2.18. The van der Waals surface area contributed by atoms with Gasteiger partial charge in [0.1, 0.15) is 0 Å². The van der Waals surface area contributed by atoms with E-state index >= 15 is 0 Å². The number of rotatable bonds is 3. The first kappa shape index (κ1) is 12.4. The van der Waals surface area contributed by atoms with Crippen LogP contribution in [-0.2, 0) is 6.54 Å². The van der Waals surface area contributed by atoms with Crippen LogP contribution in [0.3, 0.4) is 0 Å². The van der Waals surface area contributed by atoms with E-state index in [0.29, 0.717) is 12.6 Å². The molecule has 1 aliphatic rings. The highest BCUT2D eigenvalue weighted by molar-refractivity contribution is 7.09. The molecular weight excluding hydrogens is 232 g/mol. The second kappa shape index (κ2) is 6.05. The molecule has 3 nitrogen and oxygen atoms in total. The molecule has 1 aromatic rings. The van der Waals surface area contributed by atoms with Gasteiger partial charge in [0.25, 0.3) is 0 Å². The van der Waals surface area contributed by atoms with Crippen molar-refractivity contribution in [2.75, 3.05) is 7.05 Å². The zero-order valence-electron chi connectivity index (χ0n) is 10.3. The van der Waals surface area contributed by atoms with Crippen molar-refractivity contribution < 1.29 is 4.79 Å². The number of urea groups is 1. The summed E-state index contributed by atoms with van der Waals surface area (Å²) in [6, 6.07) is 4.54. The Morgan fingerprint density at radius 1 is 1.47 bits per heavy atom. The molecule has 1 aliphatic carbocycles. The second-order valence-electron chi connectivity index (χ2n) is 4.72. The molecule has 1 aromatic heterocycles. The summed E-state index contributed by atoms with van der Waals surface area (Å²) in [6.45, 7) is 0.705. The summed E-state index contributed by atoms with van der Waals surface area (Å²) in [5.74, 6) is 0. The maximum Gasteiger partial charge on any atom is 0.317 e. The molecule has 1 saturated carbocycles. The van der Waals surface area contributed by atoms with Gasteiger partial charge in [0.15, 0.2) is 0 Å². The quantitative estimate of drug-likeness (QED) is 0.880. The first-order valence-electron chi connectivity index (χ1n) is 6.30. The largest absolute Gasteiger partial charge is 0.335 e. The standard InChI is InChI=1S/C13H20N2OS/c1-15(10-12-8-5-9-17-12)13(16)14-11-6-3-2-4-7-11/h5,8-9,11H,2-4,6-7,10H2,1H3,(H,14,16). The van der Waals surface area contributed by atoms with Gasteiger partial charge in [0, 0.05) is 18.0 Å². The van der Waals surface area contributed by atoms with E-state index in [-0.39, 0.29) is 6.03 Å².